The molecule has 6 heteroatoms. The minimum Gasteiger partial charge on any atom is -0.396 e. The van der Waals surface area contributed by atoms with Crippen molar-refractivity contribution in [1.29, 1.82) is 0 Å². The predicted molar refractivity (Wildman–Crippen MR) is 57.4 cm³/mol. The van der Waals surface area contributed by atoms with E-state index in [0.717, 1.165) is 5.75 Å². The van der Waals surface area contributed by atoms with Gasteiger partial charge < -0.3 is 14.4 Å². The zero-order chi connectivity index (χ0) is 11.1. The molecule has 1 N–H and O–H groups in total. The highest BCUT2D eigenvalue weighted by Gasteiger charge is 2.07. The van der Waals surface area contributed by atoms with Crippen LogP contribution in [-0.2, 0) is 17.1 Å². The summed E-state index contributed by atoms with van der Waals surface area (Å²) in [6, 6.07) is 0. The molecular weight excluding hydrogens is 216 g/mol. The van der Waals surface area contributed by atoms with Gasteiger partial charge in [-0.15, -0.1) is 0 Å². The molecule has 0 spiro atoms. The first-order valence-corrected chi connectivity index (χ1v) is 5.90. The van der Waals surface area contributed by atoms with E-state index in [0.29, 0.717) is 30.0 Å². The lowest BCUT2D eigenvalue weighted by Gasteiger charge is -2.04. The van der Waals surface area contributed by atoms with Gasteiger partial charge in [0.1, 0.15) is 6.61 Å². The highest BCUT2D eigenvalue weighted by molar-refractivity contribution is 7.98. The van der Waals surface area contributed by atoms with E-state index in [1.165, 1.54) is 0 Å². The zero-order valence-electron chi connectivity index (χ0n) is 8.97. The summed E-state index contributed by atoms with van der Waals surface area (Å²) in [5.41, 5.74) is 0. The summed E-state index contributed by atoms with van der Waals surface area (Å²) < 4.78 is 9.88. The quantitative estimate of drug-likeness (QED) is 0.758. The lowest BCUT2D eigenvalue weighted by molar-refractivity contribution is 0.174. The van der Waals surface area contributed by atoms with Crippen molar-refractivity contribution in [3.8, 4) is 0 Å². The number of aliphatic hydroxyl groups is 1. The van der Waals surface area contributed by atoms with Gasteiger partial charge in [-0.2, -0.15) is 16.7 Å². The van der Waals surface area contributed by atoms with Crippen LogP contribution in [0.4, 0.5) is 0 Å². The Hall–Kier alpha value is -0.590. The molecule has 0 saturated carbocycles. The van der Waals surface area contributed by atoms with Gasteiger partial charge in [-0.25, -0.2) is 0 Å². The highest BCUT2D eigenvalue weighted by atomic mass is 32.2. The van der Waals surface area contributed by atoms with Crippen LogP contribution in [0.2, 0.25) is 0 Å². The average Bonchev–Trinajstić information content (AvgIpc) is 2.66. The SMILES string of the molecule is COCc1noc(CSCC(C)CO)n1. The van der Waals surface area contributed by atoms with Crippen molar-refractivity contribution in [3.63, 3.8) is 0 Å². The molecule has 0 aliphatic carbocycles. The first kappa shape index (κ1) is 12.5. The van der Waals surface area contributed by atoms with Crippen molar-refractivity contribution < 1.29 is 14.4 Å². The van der Waals surface area contributed by atoms with Crippen molar-refractivity contribution in [2.45, 2.75) is 19.3 Å². The molecule has 0 bridgehead atoms. The Morgan fingerprint density at radius 3 is 3.07 bits per heavy atom. The molecule has 0 saturated heterocycles. The standard InChI is InChI=1S/C9H16N2O3S/c1-7(3-12)5-15-6-9-10-8(4-13-2)11-14-9/h7,12H,3-6H2,1-2H3. The summed E-state index contributed by atoms with van der Waals surface area (Å²) in [5, 5.41) is 12.6. The van der Waals surface area contributed by atoms with E-state index in [1.54, 1.807) is 18.9 Å². The third-order valence-electron chi connectivity index (χ3n) is 1.72. The number of aliphatic hydroxyl groups excluding tert-OH is 1. The lowest BCUT2D eigenvalue weighted by atomic mass is 10.2. The molecule has 1 heterocycles. The van der Waals surface area contributed by atoms with E-state index in [2.05, 4.69) is 10.1 Å². The molecule has 0 aromatic carbocycles. The Morgan fingerprint density at radius 2 is 2.40 bits per heavy atom. The second-order valence-corrected chi connectivity index (χ2v) is 4.37. The third kappa shape index (κ3) is 4.63. The summed E-state index contributed by atoms with van der Waals surface area (Å²) in [6.45, 7) is 2.59. The van der Waals surface area contributed by atoms with Crippen molar-refractivity contribution in [2.75, 3.05) is 19.5 Å². The predicted octanol–water partition coefficient (Wildman–Crippen LogP) is 1.08. The maximum absolute atomic E-state index is 8.82. The van der Waals surface area contributed by atoms with Crippen LogP contribution < -0.4 is 0 Å². The molecule has 0 radical (unpaired) electrons. The van der Waals surface area contributed by atoms with Gasteiger partial charge in [0.25, 0.3) is 0 Å². The average molecular weight is 232 g/mol. The topological polar surface area (TPSA) is 68.4 Å². The van der Waals surface area contributed by atoms with Crippen molar-refractivity contribution in [1.82, 2.24) is 10.1 Å². The molecule has 86 valence electrons. The van der Waals surface area contributed by atoms with Gasteiger partial charge in [0.15, 0.2) is 5.82 Å². The van der Waals surface area contributed by atoms with Crippen LogP contribution in [0.5, 0.6) is 0 Å². The normalized spacial score (nSPS) is 13.0. The minimum absolute atomic E-state index is 0.214. The van der Waals surface area contributed by atoms with Gasteiger partial charge in [-0.1, -0.05) is 12.1 Å². The first-order valence-electron chi connectivity index (χ1n) is 4.75. The first-order chi connectivity index (χ1) is 7.26. The van der Waals surface area contributed by atoms with Gasteiger partial charge in [-0.05, 0) is 11.7 Å². The maximum Gasteiger partial charge on any atom is 0.236 e. The van der Waals surface area contributed by atoms with Crippen LogP contribution in [0.15, 0.2) is 4.52 Å². The van der Waals surface area contributed by atoms with Gasteiger partial charge >= 0.3 is 0 Å². The van der Waals surface area contributed by atoms with Crippen molar-refractivity contribution in [3.05, 3.63) is 11.7 Å². The Balaban J connectivity index is 2.25. The molecule has 0 fully saturated rings. The molecule has 15 heavy (non-hydrogen) atoms. The summed E-state index contributed by atoms with van der Waals surface area (Å²) in [4.78, 5) is 4.14. The van der Waals surface area contributed by atoms with E-state index in [4.69, 9.17) is 14.4 Å². The molecule has 1 aromatic heterocycles. The summed E-state index contributed by atoms with van der Waals surface area (Å²) in [5.74, 6) is 3.05. The van der Waals surface area contributed by atoms with Crippen LogP contribution in [0.3, 0.4) is 0 Å². The molecular formula is C9H16N2O3S. The smallest absolute Gasteiger partial charge is 0.236 e. The number of hydrogen-bond acceptors (Lipinski definition) is 6. The zero-order valence-corrected chi connectivity index (χ0v) is 9.79. The van der Waals surface area contributed by atoms with Gasteiger partial charge in [0.05, 0.1) is 5.75 Å². The Bertz CT molecular complexity index is 280. The fourth-order valence-electron chi connectivity index (χ4n) is 0.937. The van der Waals surface area contributed by atoms with Crippen LogP contribution in [0.1, 0.15) is 18.6 Å². The molecule has 0 aliphatic rings. The van der Waals surface area contributed by atoms with E-state index in [-0.39, 0.29) is 6.61 Å². The van der Waals surface area contributed by atoms with Crippen LogP contribution >= 0.6 is 11.8 Å². The Kier molecular flexibility index (Phi) is 5.67. The van der Waals surface area contributed by atoms with Gasteiger partial charge in [0, 0.05) is 13.7 Å². The number of methoxy groups -OCH3 is 1. The highest BCUT2D eigenvalue weighted by Crippen LogP contribution is 2.14. The van der Waals surface area contributed by atoms with Gasteiger partial charge in [-0.3, -0.25) is 0 Å². The number of aromatic nitrogens is 2. The molecule has 0 aliphatic heterocycles. The van der Waals surface area contributed by atoms with Crippen molar-refractivity contribution in [2.24, 2.45) is 5.92 Å². The van der Waals surface area contributed by atoms with E-state index >= 15 is 0 Å². The number of hydrogen-bond donors (Lipinski definition) is 1. The number of nitrogens with zero attached hydrogens (tertiary/aromatic N) is 2. The number of ether oxygens (including phenoxy) is 1. The number of rotatable bonds is 7. The van der Waals surface area contributed by atoms with E-state index in [9.17, 15) is 0 Å². The molecule has 1 atom stereocenters. The van der Waals surface area contributed by atoms with Crippen LogP contribution in [0.25, 0.3) is 0 Å². The summed E-state index contributed by atoms with van der Waals surface area (Å²) >= 11 is 1.67. The minimum atomic E-state index is 0.214. The van der Waals surface area contributed by atoms with E-state index < -0.39 is 0 Å². The molecule has 5 nitrogen and oxygen atoms in total. The largest absolute Gasteiger partial charge is 0.396 e. The summed E-state index contributed by atoms with van der Waals surface area (Å²) in [7, 11) is 1.59. The van der Waals surface area contributed by atoms with Crippen LogP contribution in [-0.4, -0.2) is 34.7 Å². The second-order valence-electron chi connectivity index (χ2n) is 3.34. The monoisotopic (exact) mass is 232 g/mol. The molecule has 0 amide bonds. The number of thioether (sulfide) groups is 1. The maximum atomic E-state index is 8.82. The fourth-order valence-corrected chi connectivity index (χ4v) is 1.85. The summed E-state index contributed by atoms with van der Waals surface area (Å²) in [6.07, 6.45) is 0. The van der Waals surface area contributed by atoms with Gasteiger partial charge in [0.2, 0.25) is 5.89 Å². The van der Waals surface area contributed by atoms with Crippen molar-refractivity contribution >= 4 is 11.8 Å². The fraction of sp³-hybridized carbons (Fsp3) is 0.778. The third-order valence-corrected chi connectivity index (χ3v) is 2.98. The Morgan fingerprint density at radius 1 is 1.60 bits per heavy atom. The second kappa shape index (κ2) is 6.81. The molecule has 1 aromatic rings. The lowest BCUT2D eigenvalue weighted by Crippen LogP contribution is -2.03. The molecule has 1 unspecified atom stereocenters. The molecule has 1 rings (SSSR count). The Labute approximate surface area is 93.2 Å². The van der Waals surface area contributed by atoms with E-state index in [1.807, 2.05) is 6.92 Å². The van der Waals surface area contributed by atoms with Crippen LogP contribution in [0, 0.1) is 5.92 Å².